The molecule has 8 bridgehead atoms. The van der Waals surface area contributed by atoms with Crippen LogP contribution in [0.1, 0.15) is 53.9 Å². The van der Waals surface area contributed by atoms with Gasteiger partial charge in [0, 0.05) is 46.4 Å². The van der Waals surface area contributed by atoms with Gasteiger partial charge in [-0.15, -0.1) is 0 Å². The van der Waals surface area contributed by atoms with Crippen LogP contribution in [0.3, 0.4) is 0 Å². The van der Waals surface area contributed by atoms with Gasteiger partial charge in [0.2, 0.25) is 0 Å². The summed E-state index contributed by atoms with van der Waals surface area (Å²) >= 11 is 0. The monoisotopic (exact) mass is 668 g/mol. The number of aliphatic hydroxyl groups is 1. The van der Waals surface area contributed by atoms with Crippen molar-refractivity contribution < 1.29 is 24.2 Å². The van der Waals surface area contributed by atoms with Crippen molar-refractivity contribution in [2.75, 3.05) is 7.11 Å². The average molecular weight is 669 g/mol. The molecule has 1 unspecified atom stereocenters. The maximum Gasteiger partial charge on any atom is 0.321 e. The minimum Gasteiger partial charge on any atom is -0.510 e. The van der Waals surface area contributed by atoms with Crippen LogP contribution in [0.4, 0.5) is 0 Å². The fraction of sp³-hybridized carbons (Fsp3) is 0.293. The second-order valence-corrected chi connectivity index (χ2v) is 13.2. The molecule has 0 amide bonds. The van der Waals surface area contributed by atoms with Crippen LogP contribution in [0.5, 0.6) is 5.75 Å². The topological polar surface area (TPSA) is 122 Å². The van der Waals surface area contributed by atoms with Crippen LogP contribution in [0.25, 0.3) is 0 Å². The van der Waals surface area contributed by atoms with Crippen LogP contribution in [-0.2, 0) is 14.3 Å². The molecule has 5 heterocycles. The fourth-order valence-electron chi connectivity index (χ4n) is 7.72. The number of carbonyl (C=O) groups is 2. The van der Waals surface area contributed by atoms with Crippen molar-refractivity contribution in [3.05, 3.63) is 134 Å². The maximum absolute atomic E-state index is 13.5. The van der Waals surface area contributed by atoms with Gasteiger partial charge in [0.25, 0.3) is 0 Å². The first-order valence-electron chi connectivity index (χ1n) is 17.0. The summed E-state index contributed by atoms with van der Waals surface area (Å²) in [4.78, 5) is 41.8. The van der Waals surface area contributed by atoms with Crippen LogP contribution in [-0.4, -0.2) is 41.3 Å². The molecule has 1 aromatic rings. The second-order valence-electron chi connectivity index (χ2n) is 13.2. The molecule has 0 aromatic heterocycles. The van der Waals surface area contributed by atoms with Crippen molar-refractivity contribution >= 4 is 29.1 Å². The highest BCUT2D eigenvalue weighted by Crippen LogP contribution is 2.49. The van der Waals surface area contributed by atoms with Crippen LogP contribution < -0.4 is 10.1 Å². The van der Waals surface area contributed by atoms with E-state index in [4.69, 9.17) is 24.5 Å². The zero-order valence-corrected chi connectivity index (χ0v) is 29.2. The normalized spacial score (nSPS) is 23.8. The van der Waals surface area contributed by atoms with Crippen molar-refractivity contribution in [1.29, 1.82) is 0 Å². The molecule has 6 aliphatic rings. The molecule has 50 heavy (non-hydrogen) atoms. The van der Waals surface area contributed by atoms with Crippen LogP contribution in [0.2, 0.25) is 0 Å². The van der Waals surface area contributed by atoms with Gasteiger partial charge in [0.15, 0.2) is 0 Å². The van der Waals surface area contributed by atoms with Gasteiger partial charge in [-0.25, -0.2) is 15.0 Å². The van der Waals surface area contributed by atoms with Gasteiger partial charge in [-0.05, 0) is 86.3 Å². The number of para-hydroxylation sites is 1. The Labute approximate surface area is 292 Å². The molecular formula is C41H40N4O5. The highest BCUT2D eigenvalue weighted by Gasteiger charge is 2.49. The molecule has 0 saturated carbocycles. The third kappa shape index (κ3) is 5.28. The highest BCUT2D eigenvalue weighted by atomic mass is 16.5. The fourth-order valence-corrected chi connectivity index (χ4v) is 7.72. The zero-order valence-electron chi connectivity index (χ0n) is 29.2. The largest absolute Gasteiger partial charge is 0.510 e. The highest BCUT2D eigenvalue weighted by molar-refractivity contribution is 6.24. The lowest BCUT2D eigenvalue weighted by Crippen LogP contribution is -2.25. The molecule has 2 N–H and O–H groups in total. The number of aliphatic imine (C=N–C) groups is 3. The maximum atomic E-state index is 13.5. The van der Waals surface area contributed by atoms with E-state index in [1.807, 2.05) is 56.4 Å². The average Bonchev–Trinajstić information content (AvgIpc) is 3.84. The van der Waals surface area contributed by atoms with E-state index >= 15 is 0 Å². The summed E-state index contributed by atoms with van der Waals surface area (Å²) in [5.74, 6) is -2.02. The molecule has 9 heteroatoms. The summed E-state index contributed by atoms with van der Waals surface area (Å²) in [6.07, 6.45) is 9.16. The quantitative estimate of drug-likeness (QED) is 0.228. The summed E-state index contributed by atoms with van der Waals surface area (Å²) in [7, 11) is 1.31. The number of esters is 2. The Bertz CT molecular complexity index is 2130. The van der Waals surface area contributed by atoms with E-state index in [1.54, 1.807) is 12.1 Å². The lowest BCUT2D eigenvalue weighted by Gasteiger charge is -2.20. The van der Waals surface area contributed by atoms with Gasteiger partial charge < -0.3 is 19.9 Å². The van der Waals surface area contributed by atoms with E-state index in [-0.39, 0.29) is 30.0 Å². The van der Waals surface area contributed by atoms with E-state index in [9.17, 15) is 14.7 Å². The van der Waals surface area contributed by atoms with E-state index in [0.29, 0.717) is 40.4 Å². The molecule has 0 radical (unpaired) electrons. The van der Waals surface area contributed by atoms with Crippen LogP contribution in [0, 0.1) is 17.8 Å². The third-order valence-electron chi connectivity index (χ3n) is 10.5. The predicted octanol–water partition coefficient (Wildman–Crippen LogP) is 7.63. The number of methoxy groups -OCH3 is 1. The number of hydrogen-bond donors (Lipinski definition) is 2. The Morgan fingerprint density at radius 1 is 0.980 bits per heavy atom. The van der Waals surface area contributed by atoms with Crippen molar-refractivity contribution in [3.63, 3.8) is 0 Å². The number of benzene rings is 1. The van der Waals surface area contributed by atoms with E-state index in [1.165, 1.54) is 7.11 Å². The summed E-state index contributed by atoms with van der Waals surface area (Å²) < 4.78 is 10.9. The lowest BCUT2D eigenvalue weighted by molar-refractivity contribution is -0.143. The molecule has 5 aliphatic heterocycles. The molecule has 9 nitrogen and oxygen atoms in total. The van der Waals surface area contributed by atoms with Gasteiger partial charge in [0.05, 0.1) is 41.3 Å². The lowest BCUT2D eigenvalue weighted by atomic mass is 9.84. The van der Waals surface area contributed by atoms with E-state index in [2.05, 4.69) is 32.7 Å². The van der Waals surface area contributed by atoms with Gasteiger partial charge >= 0.3 is 11.9 Å². The van der Waals surface area contributed by atoms with Crippen molar-refractivity contribution in [2.45, 2.75) is 53.9 Å². The second kappa shape index (κ2) is 12.7. The Kier molecular flexibility index (Phi) is 8.38. The molecule has 254 valence electrons. The first-order valence-corrected chi connectivity index (χ1v) is 17.0. The van der Waals surface area contributed by atoms with Crippen molar-refractivity contribution in [3.8, 4) is 5.75 Å². The number of hydrogen-bond acceptors (Lipinski definition) is 9. The molecule has 1 fully saturated rings. The number of nitrogens with zero attached hydrogens (tertiary/aromatic N) is 3. The number of aliphatic hydroxyl groups excluding tert-OH is 1. The minimum absolute atomic E-state index is 0.0977. The number of rotatable bonds is 7. The zero-order chi connectivity index (χ0) is 35.4. The molecule has 7 rings (SSSR count). The van der Waals surface area contributed by atoms with Gasteiger partial charge in [-0.1, -0.05) is 44.7 Å². The Hall–Kier alpha value is -5.57. The molecule has 3 atom stereocenters. The first-order chi connectivity index (χ1) is 24.1. The van der Waals surface area contributed by atoms with Crippen LogP contribution >= 0.6 is 0 Å². The van der Waals surface area contributed by atoms with Gasteiger partial charge in [0.1, 0.15) is 17.4 Å². The molecule has 1 aliphatic carbocycles. The Balaban J connectivity index is 1.43. The standard InChI is InChI=1S/C41H40N4O5/c1-8-25-20(3)28-17-30-22(5)27(15-16-34(46)50-24-13-11-10-12-14-24)38(44-30)36-37(41(48)49-7)40(47)35-23(6)31(45-39(35)36)19-33-26(9-2)21(4)29(43-33)18-32(25)42-28/h8,10-14,17-19,22,27,37,44,47H,1,9,15-16H2,2-7H3/t22-,27?,37+/m0/s1. The third-order valence-corrected chi connectivity index (χ3v) is 10.5. The summed E-state index contributed by atoms with van der Waals surface area (Å²) in [5, 5.41) is 15.4. The number of nitrogens with one attached hydrogen (secondary N) is 1. The SMILES string of the molecule is C=CC1=C(C)C2=NC1=CC1=NC(=CC3=C(C)C4=C(O)[C@H](C(=O)OC)C(=C5NC(=C2)[C@@H](C)C5CCC(=O)Oc2ccccc2)C4=N3)C(CC)=C1C. The van der Waals surface area contributed by atoms with E-state index in [0.717, 1.165) is 62.8 Å². The van der Waals surface area contributed by atoms with Gasteiger partial charge in [-0.3, -0.25) is 9.59 Å². The number of allylic oxidation sites excluding steroid dienone is 11. The minimum atomic E-state index is -1.08. The molecule has 1 aromatic carbocycles. The van der Waals surface area contributed by atoms with Crippen molar-refractivity contribution in [1.82, 2.24) is 5.32 Å². The predicted molar refractivity (Wildman–Crippen MR) is 194 cm³/mol. The summed E-state index contributed by atoms with van der Waals surface area (Å²) in [6.45, 7) is 14.3. The Morgan fingerprint density at radius 3 is 2.40 bits per heavy atom. The molecule has 1 saturated heterocycles. The number of fused-ring (bicyclic) bond motifs is 5. The van der Waals surface area contributed by atoms with Crippen molar-refractivity contribution in [2.24, 2.45) is 32.7 Å². The number of ether oxygens (including phenoxy) is 2. The summed E-state index contributed by atoms with van der Waals surface area (Å²) in [6, 6.07) is 8.99. The van der Waals surface area contributed by atoms with Crippen LogP contribution in [0.15, 0.2) is 149 Å². The Morgan fingerprint density at radius 2 is 1.70 bits per heavy atom. The smallest absolute Gasteiger partial charge is 0.321 e. The number of carbonyl (C=O) groups excluding carboxylic acids is 2. The van der Waals surface area contributed by atoms with E-state index < -0.39 is 11.9 Å². The molecule has 0 spiro atoms. The first kappa shape index (κ1) is 33.0. The molecular weight excluding hydrogens is 628 g/mol. The summed E-state index contributed by atoms with van der Waals surface area (Å²) in [5.41, 5.74) is 11.9. The van der Waals surface area contributed by atoms with Gasteiger partial charge in [-0.2, -0.15) is 0 Å².